The van der Waals surface area contributed by atoms with Crippen LogP contribution in [0.2, 0.25) is 0 Å². The Morgan fingerprint density at radius 2 is 1.67 bits per heavy atom. The quantitative estimate of drug-likeness (QED) is 0.697. The van der Waals surface area contributed by atoms with Gasteiger partial charge in [-0.05, 0) is 59.9 Å². The topological polar surface area (TPSA) is 15.3 Å². The lowest BCUT2D eigenvalue weighted by Gasteiger charge is -2.20. The molecular weight excluding hydrogens is 292 g/mol. The summed E-state index contributed by atoms with van der Waals surface area (Å²) in [6.45, 7) is 5.50. The van der Waals surface area contributed by atoms with E-state index in [9.17, 15) is 0 Å². The molecule has 0 spiro atoms. The predicted molar refractivity (Wildman–Crippen MR) is 104 cm³/mol. The number of nitrogens with zero attached hydrogens (tertiary/aromatic N) is 1. The molecule has 3 aromatic carbocycles. The normalized spacial score (nSPS) is 14.3. The minimum Gasteiger partial charge on any atom is -0.381 e. The molecule has 1 saturated heterocycles. The molecule has 2 heteroatoms. The molecule has 0 aliphatic carbocycles. The molecule has 122 valence electrons. The lowest BCUT2D eigenvalue weighted by Crippen LogP contribution is -2.18. The second-order valence-corrected chi connectivity index (χ2v) is 6.73. The van der Waals surface area contributed by atoms with E-state index in [0.29, 0.717) is 0 Å². The summed E-state index contributed by atoms with van der Waals surface area (Å²) in [7, 11) is 0. The van der Waals surface area contributed by atoms with Gasteiger partial charge in [0.05, 0.1) is 0 Å². The van der Waals surface area contributed by atoms with E-state index in [-0.39, 0.29) is 0 Å². The van der Waals surface area contributed by atoms with Crippen molar-refractivity contribution in [1.29, 1.82) is 0 Å². The average molecular weight is 316 g/mol. The lowest BCUT2D eigenvalue weighted by molar-refractivity contribution is 0.949. The van der Waals surface area contributed by atoms with Crippen molar-refractivity contribution < 1.29 is 0 Å². The number of hydrogen-bond acceptors (Lipinski definition) is 2. The van der Waals surface area contributed by atoms with Gasteiger partial charge in [-0.3, -0.25) is 0 Å². The van der Waals surface area contributed by atoms with Crippen LogP contribution in [0.5, 0.6) is 0 Å². The first-order valence-electron chi connectivity index (χ1n) is 8.87. The Balaban J connectivity index is 1.47. The van der Waals surface area contributed by atoms with Crippen LogP contribution in [0.3, 0.4) is 0 Å². The van der Waals surface area contributed by atoms with E-state index >= 15 is 0 Å². The highest BCUT2D eigenvalue weighted by Gasteiger charge is 2.14. The minimum atomic E-state index is 0.861. The highest BCUT2D eigenvalue weighted by atomic mass is 15.1. The molecular formula is C22H24N2. The van der Waals surface area contributed by atoms with Gasteiger partial charge >= 0.3 is 0 Å². The molecule has 1 aliphatic rings. The summed E-state index contributed by atoms with van der Waals surface area (Å²) in [6.07, 6.45) is 2.65. The number of benzene rings is 3. The fourth-order valence-electron chi connectivity index (χ4n) is 3.64. The fraction of sp³-hybridized carbons (Fsp3) is 0.273. The van der Waals surface area contributed by atoms with Gasteiger partial charge in [-0.1, -0.05) is 42.5 Å². The third-order valence-electron chi connectivity index (χ3n) is 4.95. The molecule has 0 aromatic heterocycles. The predicted octanol–water partition coefficient (Wildman–Crippen LogP) is 5.36. The van der Waals surface area contributed by atoms with E-state index in [4.69, 9.17) is 0 Å². The summed E-state index contributed by atoms with van der Waals surface area (Å²) in [5.74, 6) is 0. The van der Waals surface area contributed by atoms with E-state index in [2.05, 4.69) is 77.8 Å². The molecule has 0 radical (unpaired) electrons. The number of hydrogen-bond donors (Lipinski definition) is 1. The molecule has 3 aromatic rings. The Morgan fingerprint density at radius 3 is 2.46 bits per heavy atom. The molecule has 0 saturated carbocycles. The maximum Gasteiger partial charge on any atom is 0.0400 e. The molecule has 24 heavy (non-hydrogen) atoms. The minimum absolute atomic E-state index is 0.861. The highest BCUT2D eigenvalue weighted by molar-refractivity contribution is 5.85. The van der Waals surface area contributed by atoms with Gasteiger partial charge in [-0.2, -0.15) is 0 Å². The fourth-order valence-corrected chi connectivity index (χ4v) is 3.64. The van der Waals surface area contributed by atoms with Gasteiger partial charge in [0.1, 0.15) is 0 Å². The summed E-state index contributed by atoms with van der Waals surface area (Å²) < 4.78 is 0. The second kappa shape index (κ2) is 6.56. The van der Waals surface area contributed by atoms with Gasteiger partial charge in [0.15, 0.2) is 0 Å². The van der Waals surface area contributed by atoms with Gasteiger partial charge in [0, 0.05) is 31.0 Å². The molecule has 0 atom stereocenters. The molecule has 1 heterocycles. The van der Waals surface area contributed by atoms with Gasteiger partial charge in [0.2, 0.25) is 0 Å². The van der Waals surface area contributed by atoms with Crippen LogP contribution in [0.1, 0.15) is 24.0 Å². The van der Waals surface area contributed by atoms with Crippen LogP contribution < -0.4 is 10.2 Å². The van der Waals surface area contributed by atoms with Crippen molar-refractivity contribution in [2.24, 2.45) is 0 Å². The molecule has 4 rings (SSSR count). The highest BCUT2D eigenvalue weighted by Crippen LogP contribution is 2.25. The summed E-state index contributed by atoms with van der Waals surface area (Å²) in [4.78, 5) is 2.51. The number of nitrogens with one attached hydrogen (secondary N) is 1. The summed E-state index contributed by atoms with van der Waals surface area (Å²) >= 11 is 0. The molecule has 1 aliphatic heterocycles. The number of fused-ring (bicyclic) bond motifs is 1. The van der Waals surface area contributed by atoms with Crippen LogP contribution in [0, 0.1) is 6.92 Å². The summed E-state index contributed by atoms with van der Waals surface area (Å²) in [5, 5.41) is 6.12. The third-order valence-corrected chi connectivity index (χ3v) is 4.95. The molecule has 2 nitrogen and oxygen atoms in total. The molecule has 1 fully saturated rings. The zero-order valence-electron chi connectivity index (χ0n) is 14.3. The standard InChI is InChI=1S/C22H24N2/c1-17-14-18(8-11-22(17)24-12-4-5-13-24)16-23-21-10-9-19-6-2-3-7-20(19)15-21/h2-3,6-11,14-15,23H,4-5,12-13,16H2,1H3. The number of aryl methyl sites for hydroxylation is 1. The van der Waals surface area contributed by atoms with Crippen molar-refractivity contribution in [3.8, 4) is 0 Å². The Morgan fingerprint density at radius 1 is 0.875 bits per heavy atom. The van der Waals surface area contributed by atoms with Crippen molar-refractivity contribution in [3.63, 3.8) is 0 Å². The lowest BCUT2D eigenvalue weighted by atomic mass is 10.1. The second-order valence-electron chi connectivity index (χ2n) is 6.73. The van der Waals surface area contributed by atoms with Gasteiger partial charge < -0.3 is 10.2 Å². The molecule has 0 unspecified atom stereocenters. The van der Waals surface area contributed by atoms with Crippen LogP contribution >= 0.6 is 0 Å². The SMILES string of the molecule is Cc1cc(CNc2ccc3ccccc3c2)ccc1N1CCCC1. The van der Waals surface area contributed by atoms with Crippen LogP contribution in [-0.2, 0) is 6.54 Å². The van der Waals surface area contributed by atoms with E-state index < -0.39 is 0 Å². The van der Waals surface area contributed by atoms with Gasteiger partial charge in [0.25, 0.3) is 0 Å². The number of rotatable bonds is 4. The summed E-state index contributed by atoms with van der Waals surface area (Å²) in [6, 6.07) is 21.9. The van der Waals surface area contributed by atoms with Crippen molar-refractivity contribution in [2.75, 3.05) is 23.3 Å². The van der Waals surface area contributed by atoms with Crippen LogP contribution in [0.4, 0.5) is 11.4 Å². The van der Waals surface area contributed by atoms with E-state index in [1.807, 2.05) is 0 Å². The first kappa shape index (κ1) is 15.1. The Kier molecular flexibility index (Phi) is 4.12. The van der Waals surface area contributed by atoms with E-state index in [0.717, 1.165) is 6.54 Å². The Labute approximate surface area is 144 Å². The molecule has 0 amide bonds. The maximum absolute atomic E-state index is 3.56. The number of anilines is 2. The van der Waals surface area contributed by atoms with Crippen LogP contribution in [0.25, 0.3) is 10.8 Å². The Hall–Kier alpha value is -2.48. The summed E-state index contributed by atoms with van der Waals surface area (Å²) in [5.41, 5.74) is 5.30. The van der Waals surface area contributed by atoms with Crippen molar-refractivity contribution in [2.45, 2.75) is 26.3 Å². The van der Waals surface area contributed by atoms with E-state index in [1.54, 1.807) is 0 Å². The largest absolute Gasteiger partial charge is 0.381 e. The van der Waals surface area contributed by atoms with Crippen molar-refractivity contribution in [3.05, 3.63) is 71.8 Å². The smallest absolute Gasteiger partial charge is 0.0400 e. The first-order chi connectivity index (χ1) is 11.8. The first-order valence-corrected chi connectivity index (χ1v) is 8.87. The Bertz CT molecular complexity index is 847. The zero-order valence-corrected chi connectivity index (χ0v) is 14.3. The van der Waals surface area contributed by atoms with Crippen molar-refractivity contribution in [1.82, 2.24) is 0 Å². The van der Waals surface area contributed by atoms with Crippen LogP contribution in [0.15, 0.2) is 60.7 Å². The third kappa shape index (κ3) is 3.09. The monoisotopic (exact) mass is 316 g/mol. The maximum atomic E-state index is 3.56. The van der Waals surface area contributed by atoms with Gasteiger partial charge in [-0.25, -0.2) is 0 Å². The van der Waals surface area contributed by atoms with Gasteiger partial charge in [-0.15, -0.1) is 0 Å². The average Bonchev–Trinajstić information content (AvgIpc) is 3.14. The van der Waals surface area contributed by atoms with Crippen molar-refractivity contribution >= 4 is 22.1 Å². The zero-order chi connectivity index (χ0) is 16.4. The molecule has 0 bridgehead atoms. The van der Waals surface area contributed by atoms with E-state index in [1.165, 1.54) is 59.2 Å². The van der Waals surface area contributed by atoms with Crippen LogP contribution in [-0.4, -0.2) is 13.1 Å². The molecule has 1 N–H and O–H groups in total.